The van der Waals surface area contributed by atoms with Gasteiger partial charge in [-0.25, -0.2) is 19.2 Å². The molecule has 0 saturated carbocycles. The Morgan fingerprint density at radius 3 is 2.71 bits per heavy atom. The second-order valence-electron chi connectivity index (χ2n) is 9.76. The summed E-state index contributed by atoms with van der Waals surface area (Å²) in [5.41, 5.74) is -0.323. The van der Waals surface area contributed by atoms with E-state index >= 15 is 0 Å². The molecule has 11 nitrogen and oxygen atoms in total. The smallest absolute Gasteiger partial charge is 0.326 e. The number of methoxy groups -OCH3 is 1. The zero-order valence-electron chi connectivity index (χ0n) is 23.0. The van der Waals surface area contributed by atoms with E-state index in [2.05, 4.69) is 30.7 Å². The minimum Gasteiger partial charge on any atom is -0.493 e. The highest BCUT2D eigenvalue weighted by Gasteiger charge is 2.24. The fraction of sp³-hybridized carbons (Fsp3) is 0.357. The SMILES string of the molecule is COc1cc2c(Sc3cccc(NC(=O)Nc4cc(C(C)(C)F)no4)c3)ncnc2cc1OCCN1CCOCC1. The number of nitrogens with one attached hydrogen (secondary N) is 2. The number of carbonyl (C=O) groups excluding carboxylic acids is 1. The predicted octanol–water partition coefficient (Wildman–Crippen LogP) is 5.34. The van der Waals surface area contributed by atoms with Crippen molar-refractivity contribution < 1.29 is 27.9 Å². The summed E-state index contributed by atoms with van der Waals surface area (Å²) in [7, 11) is 1.60. The van der Waals surface area contributed by atoms with Gasteiger partial charge in [0, 0.05) is 47.7 Å². The van der Waals surface area contributed by atoms with Crippen LogP contribution < -0.4 is 20.1 Å². The summed E-state index contributed by atoms with van der Waals surface area (Å²) in [4.78, 5) is 24.6. The van der Waals surface area contributed by atoms with E-state index in [-0.39, 0.29) is 11.6 Å². The number of benzene rings is 2. The number of alkyl halides is 1. The van der Waals surface area contributed by atoms with Crippen LogP contribution >= 0.6 is 11.8 Å². The molecule has 2 aromatic carbocycles. The van der Waals surface area contributed by atoms with Gasteiger partial charge < -0.3 is 24.1 Å². The van der Waals surface area contributed by atoms with E-state index in [1.807, 2.05) is 30.3 Å². The summed E-state index contributed by atoms with van der Waals surface area (Å²) < 4.78 is 36.1. The molecule has 0 atom stereocenters. The highest BCUT2D eigenvalue weighted by atomic mass is 32.2. The van der Waals surface area contributed by atoms with Crippen molar-refractivity contribution in [2.24, 2.45) is 0 Å². The molecule has 216 valence electrons. The van der Waals surface area contributed by atoms with E-state index in [0.717, 1.165) is 53.7 Å². The first-order valence-corrected chi connectivity index (χ1v) is 13.9. The highest BCUT2D eigenvalue weighted by molar-refractivity contribution is 7.99. The second-order valence-corrected chi connectivity index (χ2v) is 10.8. The Morgan fingerprint density at radius 1 is 1.12 bits per heavy atom. The van der Waals surface area contributed by atoms with E-state index < -0.39 is 11.7 Å². The second kappa shape index (κ2) is 12.7. The van der Waals surface area contributed by atoms with Crippen molar-refractivity contribution >= 4 is 40.3 Å². The molecule has 0 aliphatic carbocycles. The van der Waals surface area contributed by atoms with E-state index in [0.29, 0.717) is 23.8 Å². The first-order chi connectivity index (χ1) is 19.8. The number of fused-ring (bicyclic) bond motifs is 1. The molecule has 2 N–H and O–H groups in total. The lowest BCUT2D eigenvalue weighted by molar-refractivity contribution is 0.0321. The molecule has 0 bridgehead atoms. The average Bonchev–Trinajstić information content (AvgIpc) is 3.43. The Balaban J connectivity index is 1.26. The van der Waals surface area contributed by atoms with Crippen LogP contribution in [-0.4, -0.2) is 72.6 Å². The maximum Gasteiger partial charge on any atom is 0.326 e. The first-order valence-electron chi connectivity index (χ1n) is 13.1. The molecule has 3 heterocycles. The number of carbonyl (C=O) groups is 1. The lowest BCUT2D eigenvalue weighted by atomic mass is 10.1. The summed E-state index contributed by atoms with van der Waals surface area (Å²) in [5, 5.41) is 10.4. The van der Waals surface area contributed by atoms with Crippen molar-refractivity contribution in [1.82, 2.24) is 20.0 Å². The van der Waals surface area contributed by atoms with Crippen LogP contribution in [0.25, 0.3) is 10.9 Å². The van der Waals surface area contributed by atoms with Crippen molar-refractivity contribution in [3.63, 3.8) is 0 Å². The molecule has 1 aliphatic heterocycles. The van der Waals surface area contributed by atoms with Gasteiger partial charge in [0.1, 0.15) is 23.7 Å². The lowest BCUT2D eigenvalue weighted by Gasteiger charge is -2.26. The molecule has 0 radical (unpaired) electrons. The van der Waals surface area contributed by atoms with E-state index in [9.17, 15) is 9.18 Å². The van der Waals surface area contributed by atoms with E-state index in [1.54, 1.807) is 13.2 Å². The first kappa shape index (κ1) is 28.6. The van der Waals surface area contributed by atoms with Gasteiger partial charge in [-0.1, -0.05) is 23.0 Å². The highest BCUT2D eigenvalue weighted by Crippen LogP contribution is 2.38. The number of morpholine rings is 1. The van der Waals surface area contributed by atoms with Crippen LogP contribution in [0.4, 0.5) is 20.8 Å². The van der Waals surface area contributed by atoms with Gasteiger partial charge in [0.2, 0.25) is 5.88 Å². The zero-order valence-corrected chi connectivity index (χ0v) is 23.8. The molecular weight excluding hydrogens is 551 g/mol. The maximum atomic E-state index is 14.0. The monoisotopic (exact) mass is 582 g/mol. The molecular formula is C28H31FN6O5S. The fourth-order valence-electron chi connectivity index (χ4n) is 4.14. The van der Waals surface area contributed by atoms with Crippen molar-refractivity contribution in [2.45, 2.75) is 29.4 Å². The molecule has 0 spiro atoms. The van der Waals surface area contributed by atoms with E-state index in [1.165, 1.54) is 38.0 Å². The topological polar surface area (TPSA) is 124 Å². The molecule has 5 rings (SSSR count). The Morgan fingerprint density at radius 2 is 1.95 bits per heavy atom. The molecule has 0 unspecified atom stereocenters. The van der Waals surface area contributed by atoms with Crippen molar-refractivity contribution in [3.8, 4) is 11.5 Å². The van der Waals surface area contributed by atoms with Crippen LogP contribution in [0.3, 0.4) is 0 Å². The number of aromatic nitrogens is 3. The molecule has 41 heavy (non-hydrogen) atoms. The number of ether oxygens (including phenoxy) is 3. The minimum absolute atomic E-state index is 0.0413. The third-order valence-corrected chi connectivity index (χ3v) is 7.32. The van der Waals surface area contributed by atoms with Crippen molar-refractivity contribution in [1.29, 1.82) is 0 Å². The van der Waals surface area contributed by atoms with Crippen LogP contribution in [0.1, 0.15) is 19.5 Å². The molecule has 1 fully saturated rings. The maximum absolute atomic E-state index is 14.0. The predicted molar refractivity (Wildman–Crippen MR) is 153 cm³/mol. The number of hydrogen-bond acceptors (Lipinski definition) is 10. The van der Waals surface area contributed by atoms with Gasteiger partial charge in [0.05, 0.1) is 25.8 Å². The third-order valence-electron chi connectivity index (χ3n) is 6.32. The Labute approximate surface area is 240 Å². The largest absolute Gasteiger partial charge is 0.493 e. The van der Waals surface area contributed by atoms with Gasteiger partial charge in [-0.3, -0.25) is 10.2 Å². The third kappa shape index (κ3) is 7.43. The zero-order chi connectivity index (χ0) is 28.8. The van der Waals surface area contributed by atoms with Crippen LogP contribution in [0.2, 0.25) is 0 Å². The lowest BCUT2D eigenvalue weighted by Crippen LogP contribution is -2.38. The number of halogens is 1. The molecule has 1 saturated heterocycles. The minimum atomic E-state index is -1.68. The van der Waals surface area contributed by atoms with Crippen LogP contribution in [0.5, 0.6) is 11.5 Å². The van der Waals surface area contributed by atoms with E-state index in [4.69, 9.17) is 18.7 Å². The van der Waals surface area contributed by atoms with Gasteiger partial charge >= 0.3 is 6.03 Å². The van der Waals surface area contributed by atoms with Gasteiger partial charge in [-0.15, -0.1) is 0 Å². The van der Waals surface area contributed by atoms with Crippen LogP contribution in [0, 0.1) is 0 Å². The van der Waals surface area contributed by atoms with Gasteiger partial charge in [0.15, 0.2) is 17.2 Å². The van der Waals surface area contributed by atoms with Crippen LogP contribution in [0.15, 0.2) is 63.2 Å². The number of rotatable bonds is 10. The standard InChI is InChI=1S/C28H31FN6O5S/c1-28(2,29)24-16-25(40-34-24)33-27(36)32-18-5-4-6-19(13-18)41-26-20-14-22(37-3)23(15-21(20)30-17-31-26)39-12-9-35-7-10-38-11-8-35/h4-6,13-17H,7-12H2,1-3H3,(H2,32,33,36). The molecule has 1 aliphatic rings. The van der Waals surface area contributed by atoms with Crippen LogP contribution in [-0.2, 0) is 10.4 Å². The molecule has 2 aromatic heterocycles. The molecule has 2 amide bonds. The normalized spacial score (nSPS) is 14.1. The number of anilines is 2. The number of nitrogens with zero attached hydrogens (tertiary/aromatic N) is 4. The van der Waals surface area contributed by atoms with Crippen molar-refractivity contribution in [2.75, 3.05) is 57.2 Å². The molecule has 4 aromatic rings. The fourth-order valence-corrected chi connectivity index (χ4v) is 5.07. The summed E-state index contributed by atoms with van der Waals surface area (Å²) in [6.07, 6.45) is 1.51. The Kier molecular flexibility index (Phi) is 8.86. The summed E-state index contributed by atoms with van der Waals surface area (Å²) >= 11 is 1.42. The summed E-state index contributed by atoms with van der Waals surface area (Å²) in [6, 6.07) is 11.8. The van der Waals surface area contributed by atoms with Gasteiger partial charge in [-0.05, 0) is 38.1 Å². The number of urea groups is 1. The summed E-state index contributed by atoms with van der Waals surface area (Å²) in [5.74, 6) is 1.25. The average molecular weight is 583 g/mol. The van der Waals surface area contributed by atoms with Gasteiger partial charge in [0.25, 0.3) is 0 Å². The quantitative estimate of drug-likeness (QED) is 0.237. The number of hydrogen-bond donors (Lipinski definition) is 2. The van der Waals surface area contributed by atoms with Gasteiger partial charge in [-0.2, -0.15) is 0 Å². The Hall–Kier alpha value is -3.94. The summed E-state index contributed by atoms with van der Waals surface area (Å²) in [6.45, 7) is 7.31. The van der Waals surface area contributed by atoms with Crippen molar-refractivity contribution in [3.05, 3.63) is 54.5 Å². The number of amides is 2. The Bertz CT molecular complexity index is 1510. The molecule has 13 heteroatoms.